The highest BCUT2D eigenvalue weighted by Gasteiger charge is 2.71. The van der Waals surface area contributed by atoms with E-state index in [4.69, 9.17) is 8.92 Å². The Balaban J connectivity index is 1.31. The first kappa shape index (κ1) is 33.2. The molecule has 5 saturated carbocycles. The molecule has 0 aromatic heterocycles. The lowest BCUT2D eigenvalue weighted by Gasteiger charge is -2.73. The second kappa shape index (κ2) is 10.9. The summed E-state index contributed by atoms with van der Waals surface area (Å²) in [6.45, 7) is 23.0. The van der Waals surface area contributed by atoms with Crippen LogP contribution in [0.5, 0.6) is 0 Å². The van der Waals surface area contributed by atoms with Crippen LogP contribution in [-0.2, 0) is 23.8 Å². The zero-order valence-electron chi connectivity index (χ0n) is 29.2. The van der Waals surface area contributed by atoms with E-state index in [0.29, 0.717) is 29.6 Å². The number of carbonyl (C=O) groups excluding carboxylic acids is 1. The molecular formula is C39H58O5S. The lowest BCUT2D eigenvalue weighted by Crippen LogP contribution is -2.67. The molecule has 0 spiro atoms. The predicted molar refractivity (Wildman–Crippen MR) is 179 cm³/mol. The molecular weight excluding hydrogens is 580 g/mol. The maximum Gasteiger partial charge on any atom is 0.302 e. The van der Waals surface area contributed by atoms with E-state index in [1.54, 1.807) is 19.1 Å². The van der Waals surface area contributed by atoms with Crippen LogP contribution in [0.4, 0.5) is 0 Å². The number of allylic oxidation sites excluding steroid dienone is 1. The van der Waals surface area contributed by atoms with E-state index in [2.05, 4.69) is 48.1 Å². The zero-order chi connectivity index (χ0) is 32.8. The van der Waals surface area contributed by atoms with Crippen molar-refractivity contribution >= 4 is 16.1 Å². The van der Waals surface area contributed by atoms with E-state index >= 15 is 0 Å². The molecule has 6 unspecified atom stereocenters. The Morgan fingerprint density at radius 3 is 2.18 bits per heavy atom. The van der Waals surface area contributed by atoms with Crippen molar-refractivity contribution in [1.82, 2.24) is 0 Å². The molecule has 45 heavy (non-hydrogen) atoms. The van der Waals surface area contributed by atoms with Crippen molar-refractivity contribution in [2.75, 3.05) is 6.61 Å². The summed E-state index contributed by atoms with van der Waals surface area (Å²) < 4.78 is 38.8. The minimum atomic E-state index is -3.83. The Kier molecular flexibility index (Phi) is 8.08. The number of esters is 1. The average molecular weight is 639 g/mol. The van der Waals surface area contributed by atoms with Crippen LogP contribution in [0.1, 0.15) is 118 Å². The lowest BCUT2D eigenvalue weighted by atomic mass is 9.32. The monoisotopic (exact) mass is 638 g/mol. The molecule has 0 heterocycles. The zero-order valence-corrected chi connectivity index (χ0v) is 30.0. The van der Waals surface area contributed by atoms with Crippen LogP contribution in [0.2, 0.25) is 0 Å². The highest BCUT2D eigenvalue weighted by atomic mass is 32.2. The molecule has 0 amide bonds. The van der Waals surface area contributed by atoms with Crippen LogP contribution >= 0.6 is 0 Å². The van der Waals surface area contributed by atoms with Gasteiger partial charge in [0.05, 0.1) is 11.5 Å². The topological polar surface area (TPSA) is 69.7 Å². The molecule has 0 radical (unpaired) electrons. The van der Waals surface area contributed by atoms with Gasteiger partial charge in [0.2, 0.25) is 0 Å². The first-order chi connectivity index (χ1) is 20.9. The highest BCUT2D eigenvalue weighted by Crippen LogP contribution is 2.77. The molecule has 0 saturated heterocycles. The summed E-state index contributed by atoms with van der Waals surface area (Å²) in [7, 11) is -3.83. The summed E-state index contributed by atoms with van der Waals surface area (Å²) in [5.74, 6) is 2.31. The number of hydrogen-bond acceptors (Lipinski definition) is 5. The molecule has 5 aliphatic rings. The van der Waals surface area contributed by atoms with Gasteiger partial charge in [-0.2, -0.15) is 8.42 Å². The number of ether oxygens (including phenoxy) is 1. The average Bonchev–Trinajstić information content (AvgIpc) is 3.34. The molecule has 0 aliphatic heterocycles. The maximum atomic E-state index is 13.4. The third-order valence-electron chi connectivity index (χ3n) is 15.3. The fourth-order valence-corrected chi connectivity index (χ4v) is 13.9. The second-order valence-electron chi connectivity index (χ2n) is 17.5. The fourth-order valence-electron chi connectivity index (χ4n) is 12.9. The van der Waals surface area contributed by atoms with Crippen molar-refractivity contribution in [3.05, 3.63) is 42.0 Å². The predicted octanol–water partition coefficient (Wildman–Crippen LogP) is 9.29. The van der Waals surface area contributed by atoms with Gasteiger partial charge in [0.25, 0.3) is 10.1 Å². The van der Waals surface area contributed by atoms with Gasteiger partial charge in [-0.15, -0.1) is 0 Å². The van der Waals surface area contributed by atoms with E-state index in [-0.39, 0.29) is 50.7 Å². The Labute approximate surface area is 273 Å². The van der Waals surface area contributed by atoms with E-state index in [1.165, 1.54) is 31.3 Å². The summed E-state index contributed by atoms with van der Waals surface area (Å²) in [5.41, 5.74) is 2.69. The summed E-state index contributed by atoms with van der Waals surface area (Å²) in [5, 5.41) is 0. The molecule has 10 atom stereocenters. The fraction of sp³-hybridized carbons (Fsp3) is 0.769. The number of carbonyl (C=O) groups is 1. The van der Waals surface area contributed by atoms with E-state index in [0.717, 1.165) is 44.1 Å². The molecule has 0 bridgehead atoms. The standard InChI is InChI=1S/C39H58O5S/c1-25(2)29-16-21-39(24-43-45(41,42)28-12-10-26(3)11-13-28)23-22-37(8)30(34(29)39)14-15-32-36(7)19-18-33(44-27(4)40)35(5,6)31(36)17-20-38(32,37)9/h10-13,29-34H,1,14-24H2,2-9H3/t29-,30?,31?,32?,33?,34?,36-,37+,38+,39?/m0/s1. The van der Waals surface area contributed by atoms with Gasteiger partial charge >= 0.3 is 5.97 Å². The number of aryl methyl sites for hydroxylation is 1. The van der Waals surface area contributed by atoms with Crippen LogP contribution in [0.15, 0.2) is 41.3 Å². The Morgan fingerprint density at radius 2 is 1.53 bits per heavy atom. The molecule has 6 heteroatoms. The molecule has 5 nitrogen and oxygen atoms in total. The summed E-state index contributed by atoms with van der Waals surface area (Å²) in [6.07, 6.45) is 11.1. The van der Waals surface area contributed by atoms with Crippen LogP contribution in [-0.4, -0.2) is 27.1 Å². The summed E-state index contributed by atoms with van der Waals surface area (Å²) >= 11 is 0. The molecule has 1 aromatic carbocycles. The minimum Gasteiger partial charge on any atom is -0.462 e. The minimum absolute atomic E-state index is 0.00865. The second-order valence-corrected chi connectivity index (χ2v) is 19.2. The van der Waals surface area contributed by atoms with Gasteiger partial charge in [0.1, 0.15) is 6.10 Å². The third kappa shape index (κ3) is 4.92. The molecule has 0 N–H and O–H groups in total. The Morgan fingerprint density at radius 1 is 0.844 bits per heavy atom. The van der Waals surface area contributed by atoms with Gasteiger partial charge in [0, 0.05) is 12.3 Å². The maximum absolute atomic E-state index is 13.4. The number of rotatable bonds is 6. The van der Waals surface area contributed by atoms with Gasteiger partial charge in [-0.05, 0) is 141 Å². The number of hydrogen-bond donors (Lipinski definition) is 0. The summed E-state index contributed by atoms with van der Waals surface area (Å²) in [4.78, 5) is 12.3. The molecule has 1 aromatic rings. The van der Waals surface area contributed by atoms with Crippen molar-refractivity contribution in [3.8, 4) is 0 Å². The van der Waals surface area contributed by atoms with Gasteiger partial charge in [0.15, 0.2) is 0 Å². The van der Waals surface area contributed by atoms with Crippen molar-refractivity contribution in [2.24, 2.45) is 56.7 Å². The third-order valence-corrected chi connectivity index (χ3v) is 16.6. The van der Waals surface area contributed by atoms with Gasteiger partial charge in [-0.25, -0.2) is 0 Å². The van der Waals surface area contributed by atoms with E-state index < -0.39 is 10.1 Å². The number of benzene rings is 1. The SMILES string of the molecule is C=C(C)[C@@H]1CCC2(COS(=O)(=O)c3ccc(C)cc3)CC[C@]3(C)C(CCC4[C@@]5(C)CCC(OC(C)=O)C(C)(C)C5CC[C@]43C)C12. The van der Waals surface area contributed by atoms with Crippen molar-refractivity contribution in [3.63, 3.8) is 0 Å². The molecule has 6 rings (SSSR count). The molecule has 250 valence electrons. The van der Waals surface area contributed by atoms with Crippen LogP contribution in [0, 0.1) is 63.6 Å². The van der Waals surface area contributed by atoms with Crippen molar-refractivity contribution in [1.29, 1.82) is 0 Å². The van der Waals surface area contributed by atoms with E-state index in [9.17, 15) is 13.2 Å². The first-order valence-corrected chi connectivity index (χ1v) is 19.1. The highest BCUT2D eigenvalue weighted by molar-refractivity contribution is 7.86. The van der Waals surface area contributed by atoms with Crippen molar-refractivity contribution < 1.29 is 22.1 Å². The van der Waals surface area contributed by atoms with Gasteiger partial charge in [-0.1, -0.05) is 64.5 Å². The van der Waals surface area contributed by atoms with E-state index in [1.807, 2.05) is 19.1 Å². The molecule has 5 fully saturated rings. The molecule has 5 aliphatic carbocycles. The summed E-state index contributed by atoms with van der Waals surface area (Å²) in [6, 6.07) is 7.02. The lowest BCUT2D eigenvalue weighted by molar-refractivity contribution is -0.251. The van der Waals surface area contributed by atoms with Crippen LogP contribution in [0.3, 0.4) is 0 Å². The largest absolute Gasteiger partial charge is 0.462 e. The van der Waals surface area contributed by atoms with Crippen LogP contribution < -0.4 is 0 Å². The Bertz CT molecular complexity index is 1450. The normalized spacial score (nSPS) is 43.7. The quantitative estimate of drug-likeness (QED) is 0.176. The smallest absolute Gasteiger partial charge is 0.302 e. The first-order valence-electron chi connectivity index (χ1n) is 17.7. The van der Waals surface area contributed by atoms with Gasteiger partial charge in [-0.3, -0.25) is 8.98 Å². The number of fused-ring (bicyclic) bond motifs is 7. The van der Waals surface area contributed by atoms with Gasteiger partial charge < -0.3 is 4.74 Å². The van der Waals surface area contributed by atoms with Crippen molar-refractivity contribution in [2.45, 2.75) is 131 Å². The van der Waals surface area contributed by atoms with Crippen LogP contribution in [0.25, 0.3) is 0 Å². The Hall–Kier alpha value is -1.66.